The molecule has 10 nitrogen and oxygen atoms in total. The number of aryl methyl sites for hydroxylation is 2. The molecular weight excluding hydrogens is 610 g/mol. The molecule has 1 saturated heterocycles. The van der Waals surface area contributed by atoms with E-state index in [2.05, 4.69) is 54.8 Å². The zero-order chi connectivity index (χ0) is 30.5. The molecule has 0 radical (unpaired) electrons. The predicted molar refractivity (Wildman–Crippen MR) is 165 cm³/mol. The summed E-state index contributed by atoms with van der Waals surface area (Å²) in [7, 11) is 0. The molecule has 3 aromatic heterocycles. The minimum Gasteiger partial charge on any atom is -0.347 e. The first kappa shape index (κ1) is 28.9. The molecule has 0 spiro atoms. The van der Waals surface area contributed by atoms with Gasteiger partial charge in [0.1, 0.15) is 17.0 Å². The van der Waals surface area contributed by atoms with Gasteiger partial charge in [-0.2, -0.15) is 5.10 Å². The van der Waals surface area contributed by atoms with Gasteiger partial charge in [-0.25, -0.2) is 15.0 Å². The molecule has 2 fully saturated rings. The second-order valence-corrected chi connectivity index (χ2v) is 12.5. The van der Waals surface area contributed by atoms with E-state index in [0.717, 1.165) is 23.1 Å². The molecule has 2 amide bonds. The third-order valence-electron chi connectivity index (χ3n) is 8.58. The van der Waals surface area contributed by atoms with Crippen molar-refractivity contribution in [2.45, 2.75) is 58.7 Å². The number of Topliss-reactive ketones (excluding diaryl/α,β-unsaturated/α-hetero) is 1. The molecule has 43 heavy (non-hydrogen) atoms. The SMILES string of the molecule is C=CCNC(=O)c1nn(CC(=O)N2[C@H](C(=O)Cc3nc(Br)ccc3C)C[C@@]3(C)C[C@@H]23)c2ccc(-c3cnc(C)nc3)cc12. The number of nitrogens with one attached hydrogen (secondary N) is 1. The van der Waals surface area contributed by atoms with Gasteiger partial charge in [-0.3, -0.25) is 19.1 Å². The lowest BCUT2D eigenvalue weighted by molar-refractivity contribution is -0.139. The second-order valence-electron chi connectivity index (χ2n) is 11.7. The molecule has 2 aliphatic rings. The number of amides is 2. The zero-order valence-corrected chi connectivity index (χ0v) is 25.9. The van der Waals surface area contributed by atoms with Crippen molar-refractivity contribution in [2.75, 3.05) is 6.54 Å². The van der Waals surface area contributed by atoms with Gasteiger partial charge in [-0.1, -0.05) is 25.1 Å². The van der Waals surface area contributed by atoms with Gasteiger partial charge in [-0.05, 0) is 77.4 Å². The van der Waals surface area contributed by atoms with Crippen LogP contribution in [0.25, 0.3) is 22.0 Å². The van der Waals surface area contributed by atoms with E-state index in [4.69, 9.17) is 0 Å². The van der Waals surface area contributed by atoms with Crippen molar-refractivity contribution >= 4 is 44.4 Å². The molecule has 6 rings (SSSR count). The summed E-state index contributed by atoms with van der Waals surface area (Å²) < 4.78 is 2.24. The van der Waals surface area contributed by atoms with Crippen LogP contribution < -0.4 is 5.32 Å². The van der Waals surface area contributed by atoms with Crippen molar-refractivity contribution in [1.82, 2.24) is 34.9 Å². The lowest BCUT2D eigenvalue weighted by Gasteiger charge is -2.27. The van der Waals surface area contributed by atoms with E-state index in [0.29, 0.717) is 33.4 Å². The standard InChI is InChI=1S/C32H32BrN7O3/c1-5-10-34-31(43)30-22-11-20(21-15-35-19(3)36-16-21)7-8-24(22)39(38-30)17-29(42)40-25(13-32(4)14-27(32)40)26(41)12-23-18(2)6-9-28(33)37-23/h5-9,11,15-16,25,27H,1,10,12-14,17H2,2-4H3,(H,34,43)/t25-,27+,32-/m0/s1. The maximum atomic E-state index is 14.0. The first-order chi connectivity index (χ1) is 20.6. The Kier molecular flexibility index (Phi) is 7.45. The van der Waals surface area contributed by atoms with Crippen LogP contribution in [0, 0.1) is 19.3 Å². The number of carbonyl (C=O) groups is 3. The average Bonchev–Trinajstić information content (AvgIpc) is 3.35. The highest BCUT2D eigenvalue weighted by atomic mass is 79.9. The summed E-state index contributed by atoms with van der Waals surface area (Å²) in [6, 6.07) is 8.88. The van der Waals surface area contributed by atoms with E-state index < -0.39 is 6.04 Å². The maximum Gasteiger partial charge on any atom is 0.272 e. The van der Waals surface area contributed by atoms with Crippen molar-refractivity contribution in [3.63, 3.8) is 0 Å². The number of ketones is 1. The van der Waals surface area contributed by atoms with Gasteiger partial charge >= 0.3 is 0 Å². The largest absolute Gasteiger partial charge is 0.347 e. The van der Waals surface area contributed by atoms with Crippen molar-refractivity contribution < 1.29 is 14.4 Å². The van der Waals surface area contributed by atoms with E-state index >= 15 is 0 Å². The maximum absolute atomic E-state index is 14.0. The van der Waals surface area contributed by atoms with E-state index in [-0.39, 0.29) is 54.3 Å². The summed E-state index contributed by atoms with van der Waals surface area (Å²) in [5.74, 6) is 0.0839. The molecule has 0 bridgehead atoms. The number of fused-ring (bicyclic) bond motifs is 2. The lowest BCUT2D eigenvalue weighted by atomic mass is 9.96. The Bertz CT molecular complexity index is 1780. The minimum atomic E-state index is -0.526. The van der Waals surface area contributed by atoms with E-state index in [1.165, 1.54) is 0 Å². The molecule has 1 aliphatic carbocycles. The number of nitrogens with zero attached hydrogens (tertiary/aromatic N) is 6. The number of halogens is 1. The molecule has 4 aromatic rings. The molecule has 3 atom stereocenters. The zero-order valence-electron chi connectivity index (χ0n) is 24.3. The summed E-state index contributed by atoms with van der Waals surface area (Å²) in [6.45, 7) is 9.74. The Morgan fingerprint density at radius 1 is 1.12 bits per heavy atom. The van der Waals surface area contributed by atoms with Gasteiger partial charge in [0.25, 0.3) is 5.91 Å². The molecule has 1 N–H and O–H groups in total. The van der Waals surface area contributed by atoms with Crippen molar-refractivity contribution in [1.29, 1.82) is 0 Å². The second kappa shape index (κ2) is 11.1. The fraction of sp³-hybridized carbons (Fsp3) is 0.344. The summed E-state index contributed by atoms with van der Waals surface area (Å²) in [5.41, 5.74) is 4.06. The van der Waals surface area contributed by atoms with E-state index in [1.54, 1.807) is 28.1 Å². The van der Waals surface area contributed by atoms with Crippen LogP contribution in [0.2, 0.25) is 0 Å². The summed E-state index contributed by atoms with van der Waals surface area (Å²) in [6.07, 6.45) is 6.72. The fourth-order valence-corrected chi connectivity index (χ4v) is 6.41. The summed E-state index contributed by atoms with van der Waals surface area (Å²) in [5, 5.41) is 8.01. The monoisotopic (exact) mass is 641 g/mol. The Hall–Kier alpha value is -4.25. The number of benzene rings is 1. The highest BCUT2D eigenvalue weighted by Crippen LogP contribution is 2.59. The Balaban J connectivity index is 1.31. The number of aromatic nitrogens is 5. The Labute approximate surface area is 257 Å². The molecule has 11 heteroatoms. The van der Waals surface area contributed by atoms with Crippen LogP contribution in [-0.4, -0.2) is 65.9 Å². The van der Waals surface area contributed by atoms with Crippen LogP contribution in [0.4, 0.5) is 0 Å². The van der Waals surface area contributed by atoms with Crippen molar-refractivity contribution in [2.24, 2.45) is 5.41 Å². The number of rotatable bonds is 9. The van der Waals surface area contributed by atoms with Gasteiger partial charge in [0, 0.05) is 35.9 Å². The fourth-order valence-electron chi connectivity index (χ4n) is 6.06. The summed E-state index contributed by atoms with van der Waals surface area (Å²) >= 11 is 3.40. The molecule has 4 heterocycles. The van der Waals surface area contributed by atoms with Crippen LogP contribution in [0.5, 0.6) is 0 Å². The smallest absolute Gasteiger partial charge is 0.272 e. The van der Waals surface area contributed by atoms with E-state index in [1.807, 2.05) is 44.2 Å². The van der Waals surface area contributed by atoms with Gasteiger partial charge in [0.2, 0.25) is 5.91 Å². The quantitative estimate of drug-likeness (QED) is 0.213. The number of hydrogen-bond acceptors (Lipinski definition) is 7. The summed E-state index contributed by atoms with van der Waals surface area (Å²) in [4.78, 5) is 55.5. The van der Waals surface area contributed by atoms with E-state index in [9.17, 15) is 14.4 Å². The molecule has 1 saturated carbocycles. The molecule has 0 unspecified atom stereocenters. The Morgan fingerprint density at radius 3 is 2.63 bits per heavy atom. The van der Waals surface area contributed by atoms with Crippen molar-refractivity contribution in [3.8, 4) is 11.1 Å². The number of likely N-dealkylation sites (tertiary alicyclic amines) is 1. The first-order valence-electron chi connectivity index (χ1n) is 14.2. The van der Waals surface area contributed by atoms with Gasteiger partial charge in [0.15, 0.2) is 11.5 Å². The van der Waals surface area contributed by atoms with Crippen molar-refractivity contribution in [3.05, 3.63) is 82.8 Å². The minimum absolute atomic E-state index is 0.0100. The molecular formula is C32H32BrN7O3. The number of pyridine rings is 1. The van der Waals surface area contributed by atoms with Gasteiger partial charge < -0.3 is 10.2 Å². The first-order valence-corrected chi connectivity index (χ1v) is 15.0. The topological polar surface area (TPSA) is 123 Å². The molecule has 220 valence electrons. The van der Waals surface area contributed by atoms with Crippen LogP contribution in [0.1, 0.15) is 47.3 Å². The van der Waals surface area contributed by atoms with Gasteiger partial charge in [0.05, 0.1) is 23.7 Å². The third kappa shape index (κ3) is 5.49. The third-order valence-corrected chi connectivity index (χ3v) is 9.02. The highest BCUT2D eigenvalue weighted by Gasteiger charge is 2.64. The van der Waals surface area contributed by atoms with Crippen LogP contribution in [0.3, 0.4) is 0 Å². The normalized spacial score (nSPS) is 20.6. The predicted octanol–water partition coefficient (Wildman–Crippen LogP) is 4.37. The molecule has 1 aromatic carbocycles. The number of carbonyl (C=O) groups excluding carboxylic acids is 3. The van der Waals surface area contributed by atoms with Crippen LogP contribution >= 0.6 is 15.9 Å². The van der Waals surface area contributed by atoms with Gasteiger partial charge in [-0.15, -0.1) is 6.58 Å². The number of hydrogen-bond donors (Lipinski definition) is 1. The molecule has 1 aliphatic heterocycles. The number of piperidine rings is 1. The Morgan fingerprint density at radius 2 is 1.88 bits per heavy atom. The van der Waals surface area contributed by atoms with Crippen LogP contribution in [-0.2, 0) is 22.6 Å². The van der Waals surface area contributed by atoms with Crippen LogP contribution in [0.15, 0.2) is 60.0 Å². The lowest BCUT2D eigenvalue weighted by Crippen LogP contribution is -2.45. The highest BCUT2D eigenvalue weighted by molar-refractivity contribution is 9.10. The average molecular weight is 643 g/mol.